The summed E-state index contributed by atoms with van der Waals surface area (Å²) in [6.45, 7) is 4.67. The Morgan fingerprint density at radius 2 is 0.756 bits per heavy atom. The number of hydrogen-bond donors (Lipinski definition) is 2. The van der Waals surface area contributed by atoms with E-state index in [9.17, 15) is 19.4 Å². The third-order valence-electron chi connectivity index (χ3n) is 15.5. The number of amides is 1. The molecule has 3 unspecified atom stereocenters. The van der Waals surface area contributed by atoms with E-state index in [1.54, 1.807) is 6.08 Å². The fourth-order valence-electron chi connectivity index (χ4n) is 10.2. The van der Waals surface area contributed by atoms with Gasteiger partial charge in [-0.05, 0) is 64.2 Å². The first-order valence-electron chi connectivity index (χ1n) is 34.0. The van der Waals surface area contributed by atoms with E-state index in [1.165, 1.54) is 270 Å². The Labute approximate surface area is 486 Å². The number of phosphoric ester groups is 1. The Kier molecular flexibility index (Phi) is 58.9. The highest BCUT2D eigenvalue weighted by atomic mass is 31.2. The molecule has 78 heavy (non-hydrogen) atoms. The summed E-state index contributed by atoms with van der Waals surface area (Å²) in [6, 6.07) is -0.904. The van der Waals surface area contributed by atoms with Gasteiger partial charge in [0.1, 0.15) is 13.2 Å². The number of quaternary nitrogens is 1. The minimum atomic E-state index is -4.61. The number of nitrogens with one attached hydrogen (secondary N) is 1. The van der Waals surface area contributed by atoms with E-state index < -0.39 is 26.6 Å². The van der Waals surface area contributed by atoms with Gasteiger partial charge in [-0.2, -0.15) is 0 Å². The Hall–Kier alpha value is -1.54. The van der Waals surface area contributed by atoms with Crippen LogP contribution >= 0.6 is 7.82 Å². The molecular formula is C69H133N2O6P. The van der Waals surface area contributed by atoms with Crippen LogP contribution in [0.15, 0.2) is 48.6 Å². The van der Waals surface area contributed by atoms with Gasteiger partial charge in [-0.1, -0.05) is 313 Å². The number of phosphoric acid groups is 1. The molecule has 0 rings (SSSR count). The topological polar surface area (TPSA) is 108 Å². The highest BCUT2D eigenvalue weighted by molar-refractivity contribution is 7.45. The highest BCUT2D eigenvalue weighted by Gasteiger charge is 2.23. The van der Waals surface area contributed by atoms with Crippen molar-refractivity contribution < 1.29 is 32.9 Å². The maximum absolute atomic E-state index is 13.0. The zero-order chi connectivity index (χ0) is 57.0. The maximum atomic E-state index is 13.0. The Morgan fingerprint density at radius 1 is 0.449 bits per heavy atom. The van der Waals surface area contributed by atoms with Gasteiger partial charge in [0.25, 0.3) is 7.82 Å². The van der Waals surface area contributed by atoms with E-state index in [1.807, 2.05) is 27.2 Å². The molecule has 0 heterocycles. The van der Waals surface area contributed by atoms with Crippen molar-refractivity contribution in [2.24, 2.45) is 0 Å². The third kappa shape index (κ3) is 62.1. The van der Waals surface area contributed by atoms with Crippen LogP contribution in [0.1, 0.15) is 335 Å². The fourth-order valence-corrected chi connectivity index (χ4v) is 10.9. The molecule has 0 radical (unpaired) electrons. The van der Waals surface area contributed by atoms with Crippen molar-refractivity contribution in [3.8, 4) is 0 Å². The number of aliphatic hydroxyl groups is 1. The highest BCUT2D eigenvalue weighted by Crippen LogP contribution is 2.38. The molecule has 0 bridgehead atoms. The first-order chi connectivity index (χ1) is 38.0. The predicted molar refractivity (Wildman–Crippen MR) is 339 cm³/mol. The summed E-state index contributed by atoms with van der Waals surface area (Å²) >= 11 is 0. The number of rotatable bonds is 63. The molecule has 2 N–H and O–H groups in total. The fraction of sp³-hybridized carbons (Fsp3) is 0.870. The van der Waals surface area contributed by atoms with Crippen LogP contribution in [0.3, 0.4) is 0 Å². The lowest BCUT2D eigenvalue weighted by molar-refractivity contribution is -0.870. The molecule has 0 aromatic carbocycles. The molecule has 0 aromatic rings. The second-order valence-electron chi connectivity index (χ2n) is 24.5. The van der Waals surface area contributed by atoms with E-state index in [-0.39, 0.29) is 12.5 Å². The van der Waals surface area contributed by atoms with Gasteiger partial charge in [0.2, 0.25) is 5.91 Å². The summed E-state index contributed by atoms with van der Waals surface area (Å²) < 4.78 is 23.4. The summed E-state index contributed by atoms with van der Waals surface area (Å²) in [6.07, 6.45) is 81.0. The predicted octanol–water partition coefficient (Wildman–Crippen LogP) is 20.8. The molecule has 0 spiro atoms. The Morgan fingerprint density at radius 3 is 1.12 bits per heavy atom. The first kappa shape index (κ1) is 76.5. The lowest BCUT2D eigenvalue weighted by atomic mass is 10.0. The molecule has 0 saturated heterocycles. The third-order valence-corrected chi connectivity index (χ3v) is 16.5. The van der Waals surface area contributed by atoms with Gasteiger partial charge in [0.15, 0.2) is 0 Å². The quantitative estimate of drug-likeness (QED) is 0.0272. The number of hydrogen-bond acceptors (Lipinski definition) is 6. The SMILES string of the molecule is CCCCCCCCCCCCCCC/C=C\C/C=C\CCCCCCCCCCCCCCCCCCCC(=O)NC(COP(=O)([O-])OCC[N+](C)(C)C)C(O)/C=C/CC/C=C/CCCCCCCCCCCCCCC. The normalized spacial score (nSPS) is 14.0. The summed E-state index contributed by atoms with van der Waals surface area (Å²) in [4.78, 5) is 25.6. The van der Waals surface area contributed by atoms with Crippen molar-refractivity contribution in [2.75, 3.05) is 40.9 Å². The molecule has 460 valence electrons. The monoisotopic (exact) mass is 1120 g/mol. The van der Waals surface area contributed by atoms with E-state index in [0.717, 1.165) is 44.9 Å². The van der Waals surface area contributed by atoms with Gasteiger partial charge in [-0.25, -0.2) is 0 Å². The van der Waals surface area contributed by atoms with Crippen LogP contribution < -0.4 is 10.2 Å². The maximum Gasteiger partial charge on any atom is 0.268 e. The number of carbonyl (C=O) groups excluding carboxylic acids is 1. The van der Waals surface area contributed by atoms with Crippen molar-refractivity contribution in [3.63, 3.8) is 0 Å². The van der Waals surface area contributed by atoms with Crippen LogP contribution in [0.4, 0.5) is 0 Å². The molecule has 0 aliphatic heterocycles. The Bertz CT molecular complexity index is 1410. The van der Waals surface area contributed by atoms with E-state index >= 15 is 0 Å². The summed E-state index contributed by atoms with van der Waals surface area (Å²) in [5.41, 5.74) is 0. The number of aliphatic hydroxyl groups excluding tert-OH is 1. The minimum absolute atomic E-state index is 0.00581. The molecule has 0 aliphatic carbocycles. The largest absolute Gasteiger partial charge is 0.756 e. The lowest BCUT2D eigenvalue weighted by Gasteiger charge is -2.29. The van der Waals surface area contributed by atoms with Gasteiger partial charge >= 0.3 is 0 Å². The van der Waals surface area contributed by atoms with Gasteiger partial charge in [-0.15, -0.1) is 0 Å². The van der Waals surface area contributed by atoms with Gasteiger partial charge in [0.05, 0.1) is 39.9 Å². The van der Waals surface area contributed by atoms with Crippen LogP contribution in [0.25, 0.3) is 0 Å². The van der Waals surface area contributed by atoms with Crippen LogP contribution in [0.2, 0.25) is 0 Å². The molecule has 3 atom stereocenters. The summed E-state index contributed by atoms with van der Waals surface area (Å²) in [5.74, 6) is -0.203. The average Bonchev–Trinajstić information content (AvgIpc) is 3.41. The molecule has 1 amide bonds. The van der Waals surface area contributed by atoms with Crippen molar-refractivity contribution in [1.29, 1.82) is 0 Å². The van der Waals surface area contributed by atoms with Crippen molar-refractivity contribution in [3.05, 3.63) is 48.6 Å². The van der Waals surface area contributed by atoms with E-state index in [4.69, 9.17) is 9.05 Å². The first-order valence-corrected chi connectivity index (χ1v) is 35.5. The zero-order valence-electron chi connectivity index (χ0n) is 52.6. The lowest BCUT2D eigenvalue weighted by Crippen LogP contribution is -2.45. The smallest absolute Gasteiger partial charge is 0.268 e. The van der Waals surface area contributed by atoms with Crippen LogP contribution in [-0.4, -0.2) is 68.5 Å². The molecule has 0 saturated carbocycles. The standard InChI is InChI=1S/C69H133N2O6P/c1-6-8-10-12-14-16-18-20-22-24-26-27-28-29-30-31-32-33-34-35-36-37-38-39-40-41-42-43-45-47-49-51-53-55-57-59-61-63-69(73)70-67(66-77-78(74,75)76-65-64-71(3,4)5)68(72)62-60-58-56-54-52-50-48-46-44-25-23-21-19-17-15-13-11-9-7-2/h30-31,33-34,52,54,60,62,67-68,72H,6-29,32,35-51,53,55-59,61,63-66H2,1-5H3,(H-,70,73,74,75)/b31-30-,34-33-,54-52+,62-60+. The molecule has 0 fully saturated rings. The number of likely N-dealkylation sites (N-methyl/N-ethyl adjacent to an activating group) is 1. The van der Waals surface area contributed by atoms with E-state index in [0.29, 0.717) is 17.4 Å². The zero-order valence-corrected chi connectivity index (χ0v) is 53.5. The summed E-state index contributed by atoms with van der Waals surface area (Å²) in [5, 5.41) is 13.9. The second-order valence-corrected chi connectivity index (χ2v) is 25.9. The number of carbonyl (C=O) groups is 1. The van der Waals surface area contributed by atoms with E-state index in [2.05, 4.69) is 55.6 Å². The molecular weight excluding hydrogens is 984 g/mol. The molecule has 9 heteroatoms. The van der Waals surface area contributed by atoms with Crippen molar-refractivity contribution in [2.45, 2.75) is 347 Å². The number of nitrogens with zero attached hydrogens (tertiary/aromatic N) is 1. The average molecular weight is 1120 g/mol. The second kappa shape index (κ2) is 60.1. The number of allylic oxidation sites excluding steroid dienone is 7. The van der Waals surface area contributed by atoms with Crippen LogP contribution in [0.5, 0.6) is 0 Å². The van der Waals surface area contributed by atoms with Crippen molar-refractivity contribution >= 4 is 13.7 Å². The minimum Gasteiger partial charge on any atom is -0.756 e. The summed E-state index contributed by atoms with van der Waals surface area (Å²) in [7, 11) is 1.25. The van der Waals surface area contributed by atoms with Gasteiger partial charge in [-0.3, -0.25) is 9.36 Å². The van der Waals surface area contributed by atoms with Crippen molar-refractivity contribution in [1.82, 2.24) is 5.32 Å². The number of unbranched alkanes of at least 4 members (excludes halogenated alkanes) is 44. The Balaban J connectivity index is 4.01. The molecule has 0 aromatic heterocycles. The van der Waals surface area contributed by atoms with Crippen LogP contribution in [-0.2, 0) is 18.4 Å². The molecule has 0 aliphatic rings. The molecule has 8 nitrogen and oxygen atoms in total. The van der Waals surface area contributed by atoms with Gasteiger partial charge < -0.3 is 28.8 Å². The van der Waals surface area contributed by atoms with Gasteiger partial charge in [0, 0.05) is 6.42 Å². The van der Waals surface area contributed by atoms with Crippen LogP contribution in [0, 0.1) is 0 Å².